The smallest absolute Gasteiger partial charge is 0.00416 e. The van der Waals surface area contributed by atoms with Crippen LogP contribution in [0.25, 0.3) is 0 Å². The summed E-state index contributed by atoms with van der Waals surface area (Å²) in [7, 11) is 0. The monoisotopic (exact) mass is 183 g/mol. The normalized spacial score (nSPS) is 35.8. The highest BCUT2D eigenvalue weighted by Gasteiger charge is 2.31. The summed E-state index contributed by atoms with van der Waals surface area (Å²) >= 11 is 0. The molecule has 1 fully saturated rings. The van der Waals surface area contributed by atoms with Crippen molar-refractivity contribution < 1.29 is 0 Å². The molecule has 1 nitrogen and oxygen atoms in total. The number of hydrogen-bond acceptors (Lipinski definition) is 1. The lowest BCUT2D eigenvalue weighted by Gasteiger charge is -2.40. The SMILES string of the molecule is CC1CC(C(C)C)C(C(C)C)CN1. The van der Waals surface area contributed by atoms with E-state index in [0.29, 0.717) is 0 Å². The number of hydrogen-bond donors (Lipinski definition) is 1. The third-order valence-electron chi connectivity index (χ3n) is 3.59. The third-order valence-corrected chi connectivity index (χ3v) is 3.59. The molecule has 0 amide bonds. The molecule has 1 N–H and O–H groups in total. The van der Waals surface area contributed by atoms with Crippen molar-refractivity contribution in [3.63, 3.8) is 0 Å². The maximum Gasteiger partial charge on any atom is 0.00416 e. The summed E-state index contributed by atoms with van der Waals surface area (Å²) in [6, 6.07) is 0.724. The topological polar surface area (TPSA) is 12.0 Å². The highest BCUT2D eigenvalue weighted by molar-refractivity contribution is 4.85. The quantitative estimate of drug-likeness (QED) is 0.694. The van der Waals surface area contributed by atoms with E-state index in [-0.39, 0.29) is 0 Å². The van der Waals surface area contributed by atoms with Crippen molar-refractivity contribution in [2.24, 2.45) is 23.7 Å². The second-order valence-corrected chi connectivity index (χ2v) is 5.36. The molecule has 0 aromatic carbocycles. The van der Waals surface area contributed by atoms with E-state index in [9.17, 15) is 0 Å². The van der Waals surface area contributed by atoms with Crippen LogP contribution in [0.5, 0.6) is 0 Å². The summed E-state index contributed by atoms with van der Waals surface area (Å²) < 4.78 is 0. The summed E-state index contributed by atoms with van der Waals surface area (Å²) in [4.78, 5) is 0. The summed E-state index contributed by atoms with van der Waals surface area (Å²) in [5.41, 5.74) is 0. The van der Waals surface area contributed by atoms with Gasteiger partial charge in [0.2, 0.25) is 0 Å². The molecule has 0 bridgehead atoms. The minimum Gasteiger partial charge on any atom is -0.314 e. The van der Waals surface area contributed by atoms with E-state index in [1.165, 1.54) is 13.0 Å². The van der Waals surface area contributed by atoms with Crippen molar-refractivity contribution in [3.8, 4) is 0 Å². The Hall–Kier alpha value is -0.0400. The predicted octanol–water partition coefficient (Wildman–Crippen LogP) is 2.91. The van der Waals surface area contributed by atoms with E-state index in [4.69, 9.17) is 0 Å². The zero-order valence-corrected chi connectivity index (χ0v) is 9.80. The van der Waals surface area contributed by atoms with E-state index in [2.05, 4.69) is 39.9 Å². The standard InChI is InChI=1S/C12H25N/c1-8(2)11-6-10(5)13-7-12(11)9(3)4/h8-13H,6-7H2,1-5H3. The molecule has 3 atom stereocenters. The van der Waals surface area contributed by atoms with Crippen molar-refractivity contribution in [2.75, 3.05) is 6.54 Å². The number of nitrogens with one attached hydrogen (secondary N) is 1. The molecule has 1 saturated heterocycles. The molecule has 0 radical (unpaired) electrons. The average molecular weight is 183 g/mol. The van der Waals surface area contributed by atoms with Crippen molar-refractivity contribution in [1.29, 1.82) is 0 Å². The van der Waals surface area contributed by atoms with Crippen LogP contribution in [0.15, 0.2) is 0 Å². The predicted molar refractivity (Wildman–Crippen MR) is 58.7 cm³/mol. The van der Waals surface area contributed by atoms with Crippen LogP contribution in [0.4, 0.5) is 0 Å². The van der Waals surface area contributed by atoms with Gasteiger partial charge in [0.05, 0.1) is 0 Å². The van der Waals surface area contributed by atoms with Crippen LogP contribution in [0.3, 0.4) is 0 Å². The van der Waals surface area contributed by atoms with E-state index < -0.39 is 0 Å². The maximum atomic E-state index is 3.60. The van der Waals surface area contributed by atoms with Gasteiger partial charge in [-0.25, -0.2) is 0 Å². The molecule has 78 valence electrons. The summed E-state index contributed by atoms with van der Waals surface area (Å²) in [6.07, 6.45) is 1.36. The first kappa shape index (κ1) is 11.0. The van der Waals surface area contributed by atoms with Crippen LogP contribution in [-0.2, 0) is 0 Å². The molecule has 0 spiro atoms. The van der Waals surface area contributed by atoms with Gasteiger partial charge < -0.3 is 5.32 Å². The molecular weight excluding hydrogens is 158 g/mol. The number of rotatable bonds is 2. The fourth-order valence-electron chi connectivity index (χ4n) is 2.65. The first-order valence-corrected chi connectivity index (χ1v) is 5.75. The molecule has 13 heavy (non-hydrogen) atoms. The highest BCUT2D eigenvalue weighted by Crippen LogP contribution is 2.33. The van der Waals surface area contributed by atoms with Crippen molar-refractivity contribution in [1.82, 2.24) is 5.32 Å². The van der Waals surface area contributed by atoms with Gasteiger partial charge in [0.15, 0.2) is 0 Å². The Morgan fingerprint density at radius 2 is 1.54 bits per heavy atom. The minimum atomic E-state index is 0.724. The van der Waals surface area contributed by atoms with Gasteiger partial charge in [0.25, 0.3) is 0 Å². The second-order valence-electron chi connectivity index (χ2n) is 5.36. The third kappa shape index (κ3) is 2.70. The first-order chi connectivity index (χ1) is 6.02. The zero-order chi connectivity index (χ0) is 10.0. The van der Waals surface area contributed by atoms with Gasteiger partial charge in [-0.15, -0.1) is 0 Å². The van der Waals surface area contributed by atoms with Crippen LogP contribution in [0.2, 0.25) is 0 Å². The lowest BCUT2D eigenvalue weighted by Crippen LogP contribution is -2.45. The highest BCUT2D eigenvalue weighted by atomic mass is 14.9. The Balaban J connectivity index is 2.60. The van der Waals surface area contributed by atoms with Gasteiger partial charge in [0.1, 0.15) is 0 Å². The van der Waals surface area contributed by atoms with Crippen molar-refractivity contribution >= 4 is 0 Å². The Morgan fingerprint density at radius 1 is 1.00 bits per heavy atom. The summed E-state index contributed by atoms with van der Waals surface area (Å²) in [5.74, 6) is 3.48. The van der Waals surface area contributed by atoms with Crippen molar-refractivity contribution in [3.05, 3.63) is 0 Å². The minimum absolute atomic E-state index is 0.724. The van der Waals surface area contributed by atoms with Gasteiger partial charge in [-0.2, -0.15) is 0 Å². The molecule has 3 unspecified atom stereocenters. The van der Waals surface area contributed by atoms with Gasteiger partial charge in [-0.3, -0.25) is 0 Å². The van der Waals surface area contributed by atoms with E-state index in [1.54, 1.807) is 0 Å². The van der Waals surface area contributed by atoms with Gasteiger partial charge in [-0.05, 0) is 43.6 Å². The molecule has 0 aromatic heterocycles. The molecule has 1 aliphatic rings. The van der Waals surface area contributed by atoms with Crippen molar-refractivity contribution in [2.45, 2.75) is 47.1 Å². The zero-order valence-electron chi connectivity index (χ0n) is 9.80. The Kier molecular flexibility index (Phi) is 3.78. The van der Waals surface area contributed by atoms with Crippen LogP contribution in [0.1, 0.15) is 41.0 Å². The lowest BCUT2D eigenvalue weighted by atomic mass is 9.72. The van der Waals surface area contributed by atoms with Crippen LogP contribution < -0.4 is 5.32 Å². The van der Waals surface area contributed by atoms with Gasteiger partial charge in [0, 0.05) is 6.04 Å². The van der Waals surface area contributed by atoms with Gasteiger partial charge in [-0.1, -0.05) is 27.7 Å². The average Bonchev–Trinajstić information content (AvgIpc) is 2.03. The molecule has 1 heteroatoms. The summed E-state index contributed by atoms with van der Waals surface area (Å²) in [6.45, 7) is 13.0. The molecule has 0 aliphatic carbocycles. The molecule has 1 heterocycles. The summed E-state index contributed by atoms with van der Waals surface area (Å²) in [5, 5.41) is 3.60. The molecular formula is C12H25N. The Labute approximate surface area is 83.3 Å². The first-order valence-electron chi connectivity index (χ1n) is 5.75. The van der Waals surface area contributed by atoms with E-state index in [1.807, 2.05) is 0 Å². The maximum absolute atomic E-state index is 3.60. The second kappa shape index (κ2) is 4.45. The number of piperidine rings is 1. The van der Waals surface area contributed by atoms with Crippen LogP contribution >= 0.6 is 0 Å². The molecule has 0 saturated carbocycles. The molecule has 1 aliphatic heterocycles. The van der Waals surface area contributed by atoms with Crippen LogP contribution in [0, 0.1) is 23.7 Å². The molecule has 1 rings (SSSR count). The molecule has 0 aromatic rings. The fraction of sp³-hybridized carbons (Fsp3) is 1.00. The van der Waals surface area contributed by atoms with E-state index in [0.717, 1.165) is 29.7 Å². The van der Waals surface area contributed by atoms with E-state index >= 15 is 0 Å². The Morgan fingerprint density at radius 3 is 2.00 bits per heavy atom. The largest absolute Gasteiger partial charge is 0.314 e. The fourth-order valence-corrected chi connectivity index (χ4v) is 2.65. The van der Waals surface area contributed by atoms with Gasteiger partial charge >= 0.3 is 0 Å². The Bertz CT molecular complexity index is 151. The van der Waals surface area contributed by atoms with Crippen LogP contribution in [-0.4, -0.2) is 12.6 Å². The lowest BCUT2D eigenvalue weighted by molar-refractivity contribution is 0.127.